The molecule has 222 valence electrons. The normalized spacial score (nSPS) is 27.7. The lowest BCUT2D eigenvalue weighted by Gasteiger charge is -2.60. The summed E-state index contributed by atoms with van der Waals surface area (Å²) >= 11 is 0. The highest BCUT2D eigenvalue weighted by Gasteiger charge is 2.66. The van der Waals surface area contributed by atoms with E-state index in [-0.39, 0.29) is 47.3 Å². The molecule has 0 radical (unpaired) electrons. The standard InChI is InChI=1S/C36H38N2O5/c1-23(39)42-31(25-11-7-4-8-12-25)22-38-20-19-36-27-15-16-28(37(2)32(41)18-13-24-9-5-3-6-10-24)35(36)43-34-30(40)17-14-26(33(34)36)21-29(27)38/h3-14,17-18,27-29,31,35,40H,15-16,19-22H2,1-2H3/t27-,28+,29+,31?,35-,36-/m0/s1. The van der Waals surface area contributed by atoms with Crippen molar-refractivity contribution in [2.75, 3.05) is 20.1 Å². The first-order chi connectivity index (χ1) is 20.9. The van der Waals surface area contributed by atoms with Gasteiger partial charge in [0.2, 0.25) is 5.91 Å². The van der Waals surface area contributed by atoms with Gasteiger partial charge in [-0.25, -0.2) is 0 Å². The molecular weight excluding hydrogens is 540 g/mol. The second-order valence-electron chi connectivity index (χ2n) is 12.5. The highest BCUT2D eigenvalue weighted by Crippen LogP contribution is 2.64. The van der Waals surface area contributed by atoms with Crippen LogP contribution in [0.15, 0.2) is 78.9 Å². The van der Waals surface area contributed by atoms with E-state index in [1.54, 1.807) is 12.1 Å². The molecule has 1 unspecified atom stereocenters. The molecule has 1 saturated heterocycles. The van der Waals surface area contributed by atoms with Gasteiger partial charge in [0, 0.05) is 43.6 Å². The fourth-order valence-electron chi connectivity index (χ4n) is 8.53. The van der Waals surface area contributed by atoms with Gasteiger partial charge < -0.3 is 19.5 Å². The lowest BCUT2D eigenvalue weighted by molar-refractivity contribution is -0.150. The summed E-state index contributed by atoms with van der Waals surface area (Å²) in [6.45, 7) is 2.91. The minimum absolute atomic E-state index is 0.0513. The van der Waals surface area contributed by atoms with Crippen LogP contribution in [0.3, 0.4) is 0 Å². The molecule has 7 nitrogen and oxygen atoms in total. The van der Waals surface area contributed by atoms with Crippen molar-refractivity contribution >= 4 is 18.0 Å². The Bertz CT molecular complexity index is 1560. The first-order valence-corrected chi connectivity index (χ1v) is 15.3. The molecule has 43 heavy (non-hydrogen) atoms. The number of nitrogens with zero attached hydrogens (tertiary/aromatic N) is 2. The van der Waals surface area contributed by atoms with E-state index in [9.17, 15) is 14.7 Å². The van der Waals surface area contributed by atoms with Crippen LogP contribution in [0.4, 0.5) is 0 Å². The zero-order valence-corrected chi connectivity index (χ0v) is 24.7. The summed E-state index contributed by atoms with van der Waals surface area (Å²) in [7, 11) is 1.88. The van der Waals surface area contributed by atoms with Crippen LogP contribution in [0.2, 0.25) is 0 Å². The summed E-state index contributed by atoms with van der Waals surface area (Å²) in [5, 5.41) is 11.0. The Morgan fingerprint density at radius 2 is 1.84 bits per heavy atom. The number of phenols is 1. The number of phenolic OH excluding ortho intramolecular Hbond substituents is 1. The Morgan fingerprint density at radius 3 is 2.58 bits per heavy atom. The number of aromatic hydroxyl groups is 1. The van der Waals surface area contributed by atoms with Crippen LogP contribution >= 0.6 is 0 Å². The van der Waals surface area contributed by atoms with Gasteiger partial charge in [0.1, 0.15) is 12.2 Å². The summed E-state index contributed by atoms with van der Waals surface area (Å²) in [5.74, 6) is 0.752. The van der Waals surface area contributed by atoms with Gasteiger partial charge in [-0.1, -0.05) is 66.7 Å². The number of piperidine rings is 1. The predicted octanol–water partition coefficient (Wildman–Crippen LogP) is 5.28. The molecule has 2 heterocycles. The van der Waals surface area contributed by atoms with E-state index < -0.39 is 0 Å². The second kappa shape index (κ2) is 10.9. The van der Waals surface area contributed by atoms with Gasteiger partial charge >= 0.3 is 5.97 Å². The molecule has 7 heteroatoms. The van der Waals surface area contributed by atoms with Gasteiger partial charge in [-0.15, -0.1) is 0 Å². The topological polar surface area (TPSA) is 79.3 Å². The number of carbonyl (C=O) groups excluding carboxylic acids is 2. The van der Waals surface area contributed by atoms with Crippen LogP contribution in [0.1, 0.15) is 54.5 Å². The Kier molecular flexibility index (Phi) is 7.01. The summed E-state index contributed by atoms with van der Waals surface area (Å²) in [4.78, 5) is 29.9. The molecule has 1 N–H and O–H groups in total. The number of esters is 1. The number of ether oxygens (including phenoxy) is 2. The van der Waals surface area contributed by atoms with Crippen molar-refractivity contribution in [2.24, 2.45) is 5.92 Å². The molecule has 4 aliphatic rings. The number of amides is 1. The summed E-state index contributed by atoms with van der Waals surface area (Å²) in [6, 6.07) is 23.8. The van der Waals surface area contributed by atoms with E-state index >= 15 is 0 Å². The van der Waals surface area contributed by atoms with Crippen LogP contribution < -0.4 is 4.74 Å². The summed E-state index contributed by atoms with van der Waals surface area (Å²) in [5.41, 5.74) is 4.06. The number of hydrogen-bond donors (Lipinski definition) is 1. The quantitative estimate of drug-likeness (QED) is 0.304. The average Bonchev–Trinajstić information content (AvgIpc) is 3.37. The van der Waals surface area contributed by atoms with Crippen molar-refractivity contribution in [1.29, 1.82) is 0 Å². The highest BCUT2D eigenvalue weighted by molar-refractivity contribution is 5.92. The van der Waals surface area contributed by atoms with Crippen molar-refractivity contribution in [2.45, 2.75) is 62.3 Å². The third-order valence-corrected chi connectivity index (χ3v) is 10.3. The van der Waals surface area contributed by atoms with Gasteiger partial charge in [-0.2, -0.15) is 0 Å². The lowest BCUT2D eigenvalue weighted by atomic mass is 9.51. The second-order valence-corrected chi connectivity index (χ2v) is 12.5. The smallest absolute Gasteiger partial charge is 0.303 e. The van der Waals surface area contributed by atoms with Crippen LogP contribution in [0.25, 0.3) is 6.08 Å². The molecule has 0 aromatic heterocycles. The molecule has 7 rings (SSSR count). The largest absolute Gasteiger partial charge is 0.504 e. The van der Waals surface area contributed by atoms with Gasteiger partial charge in [0.15, 0.2) is 11.5 Å². The molecule has 2 fully saturated rings. The van der Waals surface area contributed by atoms with E-state index in [2.05, 4.69) is 11.0 Å². The molecular formula is C36H38N2O5. The van der Waals surface area contributed by atoms with Crippen molar-refractivity contribution in [3.63, 3.8) is 0 Å². The van der Waals surface area contributed by atoms with Crippen molar-refractivity contribution in [3.05, 3.63) is 101 Å². The first kappa shape index (κ1) is 27.7. The molecule has 2 aliphatic carbocycles. The summed E-state index contributed by atoms with van der Waals surface area (Å²) < 4.78 is 12.6. The van der Waals surface area contributed by atoms with Gasteiger partial charge in [-0.3, -0.25) is 14.5 Å². The van der Waals surface area contributed by atoms with Crippen LogP contribution in [0.5, 0.6) is 11.5 Å². The molecule has 6 atom stereocenters. The molecule has 3 aromatic carbocycles. The molecule has 3 aromatic rings. The maximum absolute atomic E-state index is 13.5. The Labute approximate surface area is 252 Å². The maximum atomic E-state index is 13.5. The Morgan fingerprint density at radius 1 is 1.09 bits per heavy atom. The third kappa shape index (κ3) is 4.61. The Balaban J connectivity index is 1.20. The highest BCUT2D eigenvalue weighted by atomic mass is 16.5. The van der Waals surface area contributed by atoms with Gasteiger partial charge in [0.05, 0.1) is 6.04 Å². The number of likely N-dealkylation sites (N-methyl/N-ethyl adjacent to an activating group) is 1. The van der Waals surface area contributed by atoms with E-state index in [0.29, 0.717) is 18.2 Å². The van der Waals surface area contributed by atoms with Crippen molar-refractivity contribution in [1.82, 2.24) is 9.80 Å². The minimum Gasteiger partial charge on any atom is -0.504 e. The molecule has 2 aliphatic heterocycles. The fraction of sp³-hybridized carbons (Fsp3) is 0.389. The number of rotatable bonds is 7. The monoisotopic (exact) mass is 578 g/mol. The molecule has 1 amide bonds. The zero-order valence-electron chi connectivity index (χ0n) is 24.7. The fourth-order valence-corrected chi connectivity index (χ4v) is 8.53. The summed E-state index contributed by atoms with van der Waals surface area (Å²) in [6.07, 6.45) is 6.39. The molecule has 1 saturated carbocycles. The first-order valence-electron chi connectivity index (χ1n) is 15.3. The lowest BCUT2D eigenvalue weighted by Crippen LogP contribution is -2.69. The number of benzene rings is 3. The Hall–Kier alpha value is -4.10. The minimum atomic E-state index is -0.350. The number of hydrogen-bond acceptors (Lipinski definition) is 6. The van der Waals surface area contributed by atoms with Crippen molar-refractivity contribution < 1.29 is 24.2 Å². The van der Waals surface area contributed by atoms with Gasteiger partial charge in [0.25, 0.3) is 0 Å². The van der Waals surface area contributed by atoms with Crippen LogP contribution in [-0.2, 0) is 26.2 Å². The van der Waals surface area contributed by atoms with Crippen LogP contribution in [-0.4, -0.2) is 65.1 Å². The molecule has 1 spiro atoms. The SMILES string of the molecule is CC(=O)OC(CN1CC[C@]23c4c5ccc(O)c4O[C@H]2[C@H](N(C)C(=O)C=Cc2ccccc2)CC[C@H]3[C@H]1C5)c1ccccc1. The average molecular weight is 579 g/mol. The van der Waals surface area contributed by atoms with Crippen molar-refractivity contribution in [3.8, 4) is 11.5 Å². The van der Waals surface area contributed by atoms with Crippen LogP contribution in [0, 0.1) is 5.92 Å². The third-order valence-electron chi connectivity index (χ3n) is 10.3. The van der Waals surface area contributed by atoms with E-state index in [1.807, 2.05) is 78.7 Å². The zero-order chi connectivity index (χ0) is 29.7. The van der Waals surface area contributed by atoms with E-state index in [0.717, 1.165) is 48.9 Å². The van der Waals surface area contributed by atoms with Gasteiger partial charge in [-0.05, 0) is 67.0 Å². The number of likely N-dealkylation sites (tertiary alicyclic amines) is 1. The molecule has 2 bridgehead atoms. The van der Waals surface area contributed by atoms with E-state index in [4.69, 9.17) is 9.47 Å². The van der Waals surface area contributed by atoms with E-state index in [1.165, 1.54) is 12.5 Å². The number of carbonyl (C=O) groups is 2. The maximum Gasteiger partial charge on any atom is 0.303 e. The predicted molar refractivity (Wildman–Crippen MR) is 164 cm³/mol.